The van der Waals surface area contributed by atoms with Gasteiger partial charge in [0.05, 0.1) is 31.5 Å². The molecular formula is C52H43N3O9. The van der Waals surface area contributed by atoms with Crippen LogP contribution in [0.1, 0.15) is 57.1 Å². The van der Waals surface area contributed by atoms with Crippen LogP contribution in [0.15, 0.2) is 158 Å². The summed E-state index contributed by atoms with van der Waals surface area (Å²) in [4.78, 5) is 62.8. The van der Waals surface area contributed by atoms with Crippen LogP contribution in [-0.2, 0) is 31.1 Å². The van der Waals surface area contributed by atoms with Crippen LogP contribution in [0.3, 0.4) is 0 Å². The standard InChI is InChI=1S/C52H43N3O9/c1-62-39-25-22-33(23-26-39)20-21-34-24-27-42-41(30-34)52(50(60)54(42)51(61)53-32-35-12-5-2-6-13-35)43(48(57)58)45-49(59)64-46(37-16-9-4-10-17-37)44(36-14-7-3-8-15-36)55(45)47(52)38-18-11-19-40(31-38)63-29-28-56/h2-19,22-27,30-31,43-47,56H,28-29,32H2,1H3,(H,53,61)(H,57,58)/t43-,44-,45?,46+,47+,52?/m1/s1. The summed E-state index contributed by atoms with van der Waals surface area (Å²) >= 11 is 0. The molecule has 3 aliphatic rings. The third-order valence-electron chi connectivity index (χ3n) is 12.2. The molecule has 320 valence electrons. The monoisotopic (exact) mass is 853 g/mol. The summed E-state index contributed by atoms with van der Waals surface area (Å²) in [7, 11) is 1.57. The smallest absolute Gasteiger partial charge is 0.329 e. The quantitative estimate of drug-likeness (QED) is 0.0959. The van der Waals surface area contributed by atoms with Crippen LogP contribution in [0, 0.1) is 17.8 Å². The van der Waals surface area contributed by atoms with Gasteiger partial charge >= 0.3 is 18.0 Å². The Labute approximate surface area is 369 Å². The molecule has 3 N–H and O–H groups in total. The molecule has 3 aliphatic heterocycles. The van der Waals surface area contributed by atoms with Crippen LogP contribution in [0.4, 0.5) is 10.5 Å². The second-order valence-electron chi connectivity index (χ2n) is 15.7. The van der Waals surface area contributed by atoms with Gasteiger partial charge in [0.25, 0.3) is 0 Å². The van der Waals surface area contributed by atoms with Crippen molar-refractivity contribution in [2.75, 3.05) is 25.2 Å². The highest BCUT2D eigenvalue weighted by Gasteiger charge is 2.76. The Morgan fingerprint density at radius 1 is 0.734 bits per heavy atom. The van der Waals surface area contributed by atoms with Crippen molar-refractivity contribution < 1.29 is 43.6 Å². The molecule has 2 unspecified atom stereocenters. The molecule has 3 heterocycles. The number of hydrogen-bond donors (Lipinski definition) is 3. The molecule has 2 saturated heterocycles. The van der Waals surface area contributed by atoms with Crippen molar-refractivity contribution in [1.82, 2.24) is 10.2 Å². The number of rotatable bonds is 10. The number of nitrogens with zero attached hydrogens (tertiary/aromatic N) is 2. The van der Waals surface area contributed by atoms with Crippen molar-refractivity contribution in [1.29, 1.82) is 0 Å². The summed E-state index contributed by atoms with van der Waals surface area (Å²) in [6.45, 7) is -0.234. The number of nitrogens with one attached hydrogen (secondary N) is 1. The summed E-state index contributed by atoms with van der Waals surface area (Å²) in [6, 6.07) is 42.3. The Morgan fingerprint density at radius 2 is 1.38 bits per heavy atom. The molecule has 0 aromatic heterocycles. The molecule has 2 fully saturated rings. The molecule has 1 spiro atoms. The molecule has 12 heteroatoms. The first kappa shape index (κ1) is 41.6. The van der Waals surface area contributed by atoms with Crippen LogP contribution < -0.4 is 19.7 Å². The number of methoxy groups -OCH3 is 1. The lowest BCUT2D eigenvalue weighted by molar-refractivity contribution is -0.179. The Morgan fingerprint density at radius 3 is 2.05 bits per heavy atom. The van der Waals surface area contributed by atoms with Crippen molar-refractivity contribution in [3.8, 4) is 23.3 Å². The van der Waals surface area contributed by atoms with Crippen LogP contribution >= 0.6 is 0 Å². The molecule has 0 aliphatic carbocycles. The third-order valence-corrected chi connectivity index (χ3v) is 12.2. The average molecular weight is 854 g/mol. The predicted molar refractivity (Wildman–Crippen MR) is 236 cm³/mol. The fourth-order valence-corrected chi connectivity index (χ4v) is 9.57. The number of cyclic esters (lactones) is 1. The van der Waals surface area contributed by atoms with Gasteiger partial charge in [-0.15, -0.1) is 0 Å². The van der Waals surface area contributed by atoms with Crippen LogP contribution in [0.5, 0.6) is 11.5 Å². The number of carbonyl (C=O) groups excluding carboxylic acids is 3. The maximum absolute atomic E-state index is 16.1. The lowest BCUT2D eigenvalue weighted by atomic mass is 9.65. The Hall–Kier alpha value is -7.72. The number of imide groups is 1. The number of aliphatic hydroxyl groups is 1. The van der Waals surface area contributed by atoms with Gasteiger partial charge in [-0.1, -0.05) is 115 Å². The molecule has 9 rings (SSSR count). The number of ether oxygens (including phenoxy) is 3. The highest BCUT2D eigenvalue weighted by molar-refractivity contribution is 6.24. The zero-order valence-electron chi connectivity index (χ0n) is 34.7. The van der Waals surface area contributed by atoms with E-state index in [1.54, 1.807) is 73.8 Å². The third kappa shape index (κ3) is 7.30. The van der Waals surface area contributed by atoms with E-state index >= 15 is 4.79 Å². The molecule has 6 atom stereocenters. The lowest BCUT2D eigenvalue weighted by Crippen LogP contribution is -2.54. The number of aliphatic carboxylic acids is 1. The fourth-order valence-electron chi connectivity index (χ4n) is 9.57. The van der Waals surface area contributed by atoms with Gasteiger partial charge in [-0.25, -0.2) is 9.69 Å². The Kier molecular flexibility index (Phi) is 11.4. The molecule has 0 bridgehead atoms. The molecule has 6 aromatic rings. The summed E-state index contributed by atoms with van der Waals surface area (Å²) < 4.78 is 17.6. The van der Waals surface area contributed by atoms with Gasteiger partial charge in [-0.2, -0.15) is 0 Å². The number of urea groups is 1. The van der Waals surface area contributed by atoms with Gasteiger partial charge in [0.1, 0.15) is 41.6 Å². The maximum atomic E-state index is 16.1. The largest absolute Gasteiger partial charge is 0.497 e. The summed E-state index contributed by atoms with van der Waals surface area (Å²) in [5.41, 5.74) is 1.89. The number of benzene rings is 6. The van der Waals surface area contributed by atoms with Crippen molar-refractivity contribution >= 4 is 29.6 Å². The normalized spacial score (nSPS) is 22.2. The molecule has 0 saturated carbocycles. The van der Waals surface area contributed by atoms with E-state index in [1.807, 2.05) is 95.9 Å². The van der Waals surface area contributed by atoms with E-state index in [1.165, 1.54) is 0 Å². The van der Waals surface area contributed by atoms with Crippen molar-refractivity contribution in [3.63, 3.8) is 0 Å². The molecule has 64 heavy (non-hydrogen) atoms. The van der Waals surface area contributed by atoms with Gasteiger partial charge in [0, 0.05) is 17.7 Å². The first-order valence-electron chi connectivity index (χ1n) is 20.9. The van der Waals surface area contributed by atoms with E-state index in [9.17, 15) is 24.6 Å². The van der Waals surface area contributed by atoms with E-state index in [4.69, 9.17) is 14.2 Å². The molecule has 6 aromatic carbocycles. The van der Waals surface area contributed by atoms with E-state index in [-0.39, 0.29) is 31.0 Å². The predicted octanol–water partition coefficient (Wildman–Crippen LogP) is 7.13. The second kappa shape index (κ2) is 17.6. The summed E-state index contributed by atoms with van der Waals surface area (Å²) in [5.74, 6) is 2.45. The topological polar surface area (TPSA) is 155 Å². The number of amides is 3. The van der Waals surface area contributed by atoms with Crippen LogP contribution in [-0.4, -0.2) is 65.4 Å². The average Bonchev–Trinajstić information content (AvgIpc) is 3.79. The zero-order chi connectivity index (χ0) is 44.4. The van der Waals surface area contributed by atoms with E-state index in [0.717, 1.165) is 10.5 Å². The highest BCUT2D eigenvalue weighted by atomic mass is 16.6. The first-order valence-corrected chi connectivity index (χ1v) is 20.9. The molecule has 3 amide bonds. The zero-order valence-corrected chi connectivity index (χ0v) is 34.7. The van der Waals surface area contributed by atoms with Gasteiger partial charge in [-0.05, 0) is 82.4 Å². The minimum absolute atomic E-state index is 0.0360. The van der Waals surface area contributed by atoms with Gasteiger partial charge in [0.2, 0.25) is 5.91 Å². The van der Waals surface area contributed by atoms with Gasteiger partial charge in [-0.3, -0.25) is 19.3 Å². The van der Waals surface area contributed by atoms with Crippen molar-refractivity contribution in [2.45, 2.75) is 36.2 Å². The number of carboxylic acid groups (broad SMARTS) is 1. The van der Waals surface area contributed by atoms with Crippen LogP contribution in [0.25, 0.3) is 0 Å². The first-order chi connectivity index (χ1) is 31.2. The van der Waals surface area contributed by atoms with Crippen molar-refractivity contribution in [3.05, 3.63) is 197 Å². The van der Waals surface area contributed by atoms with E-state index in [0.29, 0.717) is 39.3 Å². The number of carbonyl (C=O) groups is 4. The van der Waals surface area contributed by atoms with E-state index in [2.05, 4.69) is 17.2 Å². The minimum Gasteiger partial charge on any atom is -0.497 e. The van der Waals surface area contributed by atoms with E-state index < -0.39 is 59.4 Å². The maximum Gasteiger partial charge on any atom is 0.329 e. The number of carboxylic acids is 1. The second-order valence-corrected chi connectivity index (χ2v) is 15.7. The highest BCUT2D eigenvalue weighted by Crippen LogP contribution is 2.66. The summed E-state index contributed by atoms with van der Waals surface area (Å²) in [6.07, 6.45) is -0.948. The number of esters is 1. The number of anilines is 1. The number of morpholine rings is 1. The summed E-state index contributed by atoms with van der Waals surface area (Å²) in [5, 5.41) is 24.3. The number of hydrogen-bond acceptors (Lipinski definition) is 9. The van der Waals surface area contributed by atoms with Crippen molar-refractivity contribution in [2.24, 2.45) is 5.92 Å². The molecular weight excluding hydrogens is 811 g/mol. The molecule has 12 nitrogen and oxygen atoms in total. The fraction of sp³-hybridized carbons (Fsp3) is 0.192. The Bertz CT molecular complexity index is 2770. The lowest BCUT2D eigenvalue weighted by Gasteiger charge is -2.46. The minimum atomic E-state index is -2.15. The SMILES string of the molecule is COc1ccc(C#Cc2ccc3c(c2)C2(C(=O)N3C(=O)NCc3ccccc3)[C@H](c3cccc(OCCO)c3)N3C(C(=O)O[C@@H](c4ccccc4)[C@H]3c3ccccc3)[C@@H]2C(=O)O)cc1. The number of aliphatic hydroxyl groups excluding tert-OH is 1. The van der Waals surface area contributed by atoms with Crippen LogP contribution in [0.2, 0.25) is 0 Å². The number of fused-ring (bicyclic) bond motifs is 3. The van der Waals surface area contributed by atoms with Gasteiger partial charge < -0.3 is 29.7 Å². The molecule has 0 radical (unpaired) electrons. The van der Waals surface area contributed by atoms with Gasteiger partial charge in [0.15, 0.2) is 0 Å². The Balaban J connectivity index is 1.31.